The number of nitrogens with zero attached hydrogens (tertiary/aromatic N) is 3. The smallest absolute Gasteiger partial charge is 0.278 e. The van der Waals surface area contributed by atoms with Gasteiger partial charge in [-0.2, -0.15) is 0 Å². The number of ether oxygens (including phenoxy) is 1. The molecule has 6 nitrogen and oxygen atoms in total. The zero-order valence-electron chi connectivity index (χ0n) is 19.8. The average Bonchev–Trinajstić information content (AvgIpc) is 3.08. The highest BCUT2D eigenvalue weighted by Crippen LogP contribution is 2.34. The molecule has 0 bridgehead atoms. The fraction of sp³-hybridized carbons (Fsp3) is 0.407. The highest BCUT2D eigenvalue weighted by molar-refractivity contribution is 6.36. The SMILES string of the molecule is CCN(C1=C(c2ccc(C)c(C)c2)C(=O)N(CCCN2CCOCC2)C1=O)c1ccccc1. The Morgan fingerprint density at radius 2 is 1.64 bits per heavy atom. The zero-order chi connectivity index (χ0) is 23.4. The minimum Gasteiger partial charge on any atom is -0.379 e. The Hall–Kier alpha value is -2.96. The number of morpholine rings is 1. The number of hydrogen-bond donors (Lipinski definition) is 0. The number of benzene rings is 2. The molecule has 2 aromatic carbocycles. The van der Waals surface area contributed by atoms with E-state index in [0.29, 0.717) is 24.4 Å². The molecule has 0 aliphatic carbocycles. The maximum absolute atomic E-state index is 13.7. The Labute approximate surface area is 196 Å². The van der Waals surface area contributed by atoms with Gasteiger partial charge in [0.05, 0.1) is 18.8 Å². The average molecular weight is 448 g/mol. The minimum atomic E-state index is -0.207. The Morgan fingerprint density at radius 3 is 2.30 bits per heavy atom. The molecule has 2 aromatic rings. The molecule has 0 unspecified atom stereocenters. The van der Waals surface area contributed by atoms with Gasteiger partial charge in [0, 0.05) is 38.4 Å². The molecule has 0 radical (unpaired) electrons. The third-order valence-corrected chi connectivity index (χ3v) is 6.55. The number of carbonyl (C=O) groups is 2. The summed E-state index contributed by atoms with van der Waals surface area (Å²) in [7, 11) is 0. The summed E-state index contributed by atoms with van der Waals surface area (Å²) in [6.45, 7) is 11.2. The van der Waals surface area contributed by atoms with Gasteiger partial charge in [-0.1, -0.05) is 36.4 Å². The largest absolute Gasteiger partial charge is 0.379 e. The van der Waals surface area contributed by atoms with E-state index in [1.807, 2.05) is 67.3 Å². The first-order chi connectivity index (χ1) is 16.0. The van der Waals surface area contributed by atoms with Gasteiger partial charge in [-0.05, 0) is 56.0 Å². The third kappa shape index (κ3) is 4.87. The standard InChI is InChI=1S/C27H33N3O3/c1-4-29(23-9-6-5-7-10-23)25-24(22-12-11-20(2)21(3)19-22)26(31)30(27(25)32)14-8-13-28-15-17-33-18-16-28/h5-7,9-12,19H,4,8,13-18H2,1-3H3. The van der Waals surface area contributed by atoms with Crippen LogP contribution in [0.2, 0.25) is 0 Å². The first-order valence-electron chi connectivity index (χ1n) is 11.8. The van der Waals surface area contributed by atoms with E-state index in [1.165, 1.54) is 4.90 Å². The summed E-state index contributed by atoms with van der Waals surface area (Å²) in [5, 5.41) is 0. The number of rotatable bonds is 8. The predicted octanol–water partition coefficient (Wildman–Crippen LogP) is 3.63. The number of hydrogen-bond acceptors (Lipinski definition) is 5. The van der Waals surface area contributed by atoms with Crippen molar-refractivity contribution in [1.29, 1.82) is 0 Å². The van der Waals surface area contributed by atoms with Crippen LogP contribution in [-0.4, -0.2) is 67.6 Å². The van der Waals surface area contributed by atoms with Gasteiger partial charge in [0.15, 0.2) is 0 Å². The first kappa shape index (κ1) is 23.2. The topological polar surface area (TPSA) is 53.1 Å². The molecule has 2 aliphatic heterocycles. The summed E-state index contributed by atoms with van der Waals surface area (Å²) >= 11 is 0. The van der Waals surface area contributed by atoms with Crippen LogP contribution in [0.4, 0.5) is 5.69 Å². The van der Waals surface area contributed by atoms with Crippen LogP contribution in [-0.2, 0) is 14.3 Å². The van der Waals surface area contributed by atoms with Gasteiger partial charge in [-0.3, -0.25) is 19.4 Å². The fourth-order valence-electron chi connectivity index (χ4n) is 4.53. The van der Waals surface area contributed by atoms with Crippen molar-refractivity contribution in [3.63, 3.8) is 0 Å². The fourth-order valence-corrected chi connectivity index (χ4v) is 4.53. The lowest BCUT2D eigenvalue weighted by Crippen LogP contribution is -2.40. The van der Waals surface area contributed by atoms with Crippen LogP contribution in [0.1, 0.15) is 30.0 Å². The van der Waals surface area contributed by atoms with E-state index in [2.05, 4.69) is 11.8 Å². The molecule has 1 fully saturated rings. The van der Waals surface area contributed by atoms with E-state index in [1.54, 1.807) is 0 Å². The maximum Gasteiger partial charge on any atom is 0.278 e. The van der Waals surface area contributed by atoms with Crippen molar-refractivity contribution in [1.82, 2.24) is 9.80 Å². The summed E-state index contributed by atoms with van der Waals surface area (Å²) in [5.41, 5.74) is 4.95. The molecule has 6 heteroatoms. The van der Waals surface area contributed by atoms with E-state index in [9.17, 15) is 9.59 Å². The molecule has 0 spiro atoms. The van der Waals surface area contributed by atoms with Crippen LogP contribution in [0, 0.1) is 13.8 Å². The lowest BCUT2D eigenvalue weighted by molar-refractivity contribution is -0.137. The van der Waals surface area contributed by atoms with Gasteiger partial charge in [0.2, 0.25) is 0 Å². The summed E-state index contributed by atoms with van der Waals surface area (Å²) in [6, 6.07) is 15.8. The number of para-hydroxylation sites is 1. The van der Waals surface area contributed by atoms with Gasteiger partial charge in [0.25, 0.3) is 11.8 Å². The lowest BCUT2D eigenvalue weighted by Gasteiger charge is -2.27. The van der Waals surface area contributed by atoms with E-state index in [-0.39, 0.29) is 11.8 Å². The predicted molar refractivity (Wildman–Crippen MR) is 131 cm³/mol. The summed E-state index contributed by atoms with van der Waals surface area (Å²) in [5.74, 6) is -0.407. The second-order valence-corrected chi connectivity index (χ2v) is 8.67. The van der Waals surface area contributed by atoms with Gasteiger partial charge in [0.1, 0.15) is 5.70 Å². The van der Waals surface area contributed by atoms with Crippen LogP contribution in [0.15, 0.2) is 54.2 Å². The minimum absolute atomic E-state index is 0.199. The monoisotopic (exact) mass is 447 g/mol. The number of amides is 2. The Kier molecular flexibility index (Phi) is 7.26. The van der Waals surface area contributed by atoms with E-state index >= 15 is 0 Å². The number of anilines is 1. The highest BCUT2D eigenvalue weighted by atomic mass is 16.5. The molecular formula is C27H33N3O3. The Balaban J connectivity index is 1.66. The molecular weight excluding hydrogens is 414 g/mol. The number of aryl methyl sites for hydroxylation is 2. The van der Waals surface area contributed by atoms with E-state index in [4.69, 9.17) is 4.74 Å². The second-order valence-electron chi connectivity index (χ2n) is 8.67. The molecule has 2 heterocycles. The summed E-state index contributed by atoms with van der Waals surface area (Å²) in [4.78, 5) is 33.1. The van der Waals surface area contributed by atoms with Crippen LogP contribution in [0.3, 0.4) is 0 Å². The van der Waals surface area contributed by atoms with Crippen molar-refractivity contribution in [2.45, 2.75) is 27.2 Å². The van der Waals surface area contributed by atoms with Crippen LogP contribution in [0.5, 0.6) is 0 Å². The molecule has 4 rings (SSSR count). The third-order valence-electron chi connectivity index (χ3n) is 6.55. The number of imide groups is 1. The molecule has 0 aromatic heterocycles. The van der Waals surface area contributed by atoms with Crippen molar-refractivity contribution >= 4 is 23.1 Å². The molecule has 2 aliphatic rings. The molecule has 174 valence electrons. The molecule has 0 atom stereocenters. The lowest BCUT2D eigenvalue weighted by atomic mass is 9.99. The summed E-state index contributed by atoms with van der Waals surface area (Å²) < 4.78 is 5.42. The number of likely N-dealkylation sites (N-methyl/N-ethyl adjacent to an activating group) is 1. The van der Waals surface area contributed by atoms with Crippen molar-refractivity contribution in [2.75, 3.05) is 50.8 Å². The maximum atomic E-state index is 13.7. The molecule has 0 saturated carbocycles. The summed E-state index contributed by atoms with van der Waals surface area (Å²) in [6.07, 6.45) is 0.752. The van der Waals surface area contributed by atoms with E-state index < -0.39 is 0 Å². The van der Waals surface area contributed by atoms with Gasteiger partial charge in [-0.15, -0.1) is 0 Å². The van der Waals surface area contributed by atoms with Crippen molar-refractivity contribution < 1.29 is 14.3 Å². The normalized spacial score (nSPS) is 17.2. The molecule has 33 heavy (non-hydrogen) atoms. The molecule has 1 saturated heterocycles. The van der Waals surface area contributed by atoms with Crippen molar-refractivity contribution in [2.24, 2.45) is 0 Å². The highest BCUT2D eigenvalue weighted by Gasteiger charge is 2.41. The second kappa shape index (κ2) is 10.3. The van der Waals surface area contributed by atoms with Crippen LogP contribution < -0.4 is 4.90 Å². The van der Waals surface area contributed by atoms with Gasteiger partial charge in [-0.25, -0.2) is 0 Å². The van der Waals surface area contributed by atoms with Crippen molar-refractivity contribution in [3.8, 4) is 0 Å². The first-order valence-corrected chi connectivity index (χ1v) is 11.8. The van der Waals surface area contributed by atoms with Gasteiger partial charge >= 0.3 is 0 Å². The Bertz CT molecular complexity index is 1040. The van der Waals surface area contributed by atoms with E-state index in [0.717, 1.165) is 61.6 Å². The zero-order valence-corrected chi connectivity index (χ0v) is 19.8. The number of carbonyl (C=O) groups excluding carboxylic acids is 2. The molecule has 0 N–H and O–H groups in total. The van der Waals surface area contributed by atoms with Crippen molar-refractivity contribution in [3.05, 3.63) is 70.9 Å². The van der Waals surface area contributed by atoms with Crippen LogP contribution in [0.25, 0.3) is 5.57 Å². The van der Waals surface area contributed by atoms with Gasteiger partial charge < -0.3 is 9.64 Å². The van der Waals surface area contributed by atoms with Crippen LogP contribution >= 0.6 is 0 Å². The quantitative estimate of drug-likeness (QED) is 0.579. The Morgan fingerprint density at radius 1 is 0.909 bits per heavy atom. The molecule has 2 amide bonds.